The Balaban J connectivity index is 2.25. The SMILES string of the molecule is CC(C)(C)C(O)C(Oc1ccc([N+](=O)[O-])cc1)n1ccnc1. The summed E-state index contributed by atoms with van der Waals surface area (Å²) >= 11 is 0. The lowest BCUT2D eigenvalue weighted by Crippen LogP contribution is -2.38. The molecule has 2 rings (SSSR count). The number of rotatable bonds is 5. The molecule has 0 radical (unpaired) electrons. The lowest BCUT2D eigenvalue weighted by Gasteiger charge is -2.33. The maximum atomic E-state index is 10.7. The minimum Gasteiger partial charge on any atom is -0.467 e. The Hall–Kier alpha value is -2.41. The number of ether oxygens (including phenoxy) is 1. The van der Waals surface area contributed by atoms with Crippen LogP contribution >= 0.6 is 0 Å². The van der Waals surface area contributed by atoms with Crippen molar-refractivity contribution >= 4 is 5.69 Å². The zero-order valence-electron chi connectivity index (χ0n) is 12.7. The summed E-state index contributed by atoms with van der Waals surface area (Å²) in [7, 11) is 0. The van der Waals surface area contributed by atoms with Crippen molar-refractivity contribution in [1.29, 1.82) is 0 Å². The first-order valence-electron chi connectivity index (χ1n) is 6.85. The van der Waals surface area contributed by atoms with Gasteiger partial charge in [-0.1, -0.05) is 20.8 Å². The number of benzene rings is 1. The van der Waals surface area contributed by atoms with Gasteiger partial charge in [-0.3, -0.25) is 14.7 Å². The average Bonchev–Trinajstić information content (AvgIpc) is 2.97. The largest absolute Gasteiger partial charge is 0.467 e. The van der Waals surface area contributed by atoms with Gasteiger partial charge in [0.2, 0.25) is 6.23 Å². The topological polar surface area (TPSA) is 90.4 Å². The molecular formula is C15H19N3O4. The molecule has 22 heavy (non-hydrogen) atoms. The lowest BCUT2D eigenvalue weighted by atomic mass is 9.88. The van der Waals surface area contributed by atoms with Gasteiger partial charge in [-0.15, -0.1) is 0 Å². The Morgan fingerprint density at radius 3 is 2.41 bits per heavy atom. The van der Waals surface area contributed by atoms with Crippen LogP contribution in [0.5, 0.6) is 5.75 Å². The number of non-ortho nitro benzene ring substituents is 1. The molecule has 1 aromatic carbocycles. The predicted octanol–water partition coefficient (Wildman–Crippen LogP) is 2.78. The monoisotopic (exact) mass is 305 g/mol. The van der Waals surface area contributed by atoms with Gasteiger partial charge >= 0.3 is 0 Å². The molecule has 7 heteroatoms. The third-order valence-electron chi connectivity index (χ3n) is 3.28. The van der Waals surface area contributed by atoms with Gasteiger partial charge in [0.1, 0.15) is 11.9 Å². The molecule has 1 heterocycles. The van der Waals surface area contributed by atoms with Gasteiger partial charge in [-0.2, -0.15) is 0 Å². The molecule has 7 nitrogen and oxygen atoms in total. The second kappa shape index (κ2) is 6.15. The van der Waals surface area contributed by atoms with Crippen molar-refractivity contribution in [3.8, 4) is 5.75 Å². The third-order valence-corrected chi connectivity index (χ3v) is 3.28. The Bertz CT molecular complexity index is 617. The zero-order valence-corrected chi connectivity index (χ0v) is 12.7. The maximum absolute atomic E-state index is 10.7. The van der Waals surface area contributed by atoms with E-state index in [1.54, 1.807) is 23.3 Å². The predicted molar refractivity (Wildman–Crippen MR) is 80.5 cm³/mol. The van der Waals surface area contributed by atoms with E-state index in [1.165, 1.54) is 24.3 Å². The number of aliphatic hydroxyl groups excluding tert-OH is 1. The van der Waals surface area contributed by atoms with Crippen LogP contribution in [0.25, 0.3) is 0 Å². The van der Waals surface area contributed by atoms with Crippen LogP contribution < -0.4 is 4.74 Å². The first-order chi connectivity index (χ1) is 10.3. The van der Waals surface area contributed by atoms with Gasteiger partial charge < -0.3 is 9.84 Å². The van der Waals surface area contributed by atoms with E-state index >= 15 is 0 Å². The van der Waals surface area contributed by atoms with Crippen molar-refractivity contribution in [2.24, 2.45) is 5.41 Å². The summed E-state index contributed by atoms with van der Waals surface area (Å²) in [4.78, 5) is 14.2. The number of hydrogen-bond acceptors (Lipinski definition) is 5. The van der Waals surface area contributed by atoms with Crippen LogP contribution in [-0.2, 0) is 0 Å². The summed E-state index contributed by atoms with van der Waals surface area (Å²) in [5, 5.41) is 21.2. The second-order valence-corrected chi connectivity index (χ2v) is 6.08. The van der Waals surface area contributed by atoms with Crippen molar-refractivity contribution in [3.63, 3.8) is 0 Å². The van der Waals surface area contributed by atoms with Crippen molar-refractivity contribution < 1.29 is 14.8 Å². The first-order valence-corrected chi connectivity index (χ1v) is 6.85. The summed E-state index contributed by atoms with van der Waals surface area (Å²) in [6, 6.07) is 5.75. The molecule has 0 bridgehead atoms. The highest BCUT2D eigenvalue weighted by Gasteiger charge is 2.33. The summed E-state index contributed by atoms with van der Waals surface area (Å²) in [5.41, 5.74) is -0.418. The van der Waals surface area contributed by atoms with Crippen LogP contribution in [-0.4, -0.2) is 25.7 Å². The molecule has 0 aliphatic heterocycles. The fourth-order valence-electron chi connectivity index (χ4n) is 1.92. The number of imidazole rings is 1. The van der Waals surface area contributed by atoms with E-state index in [0.29, 0.717) is 5.75 Å². The van der Waals surface area contributed by atoms with Crippen LogP contribution in [0.3, 0.4) is 0 Å². The summed E-state index contributed by atoms with van der Waals surface area (Å²) in [6.07, 6.45) is 3.39. The van der Waals surface area contributed by atoms with E-state index in [2.05, 4.69) is 4.98 Å². The van der Waals surface area contributed by atoms with Crippen molar-refractivity contribution in [2.45, 2.75) is 33.1 Å². The molecule has 0 fully saturated rings. The van der Waals surface area contributed by atoms with Crippen molar-refractivity contribution in [2.75, 3.05) is 0 Å². The van der Waals surface area contributed by atoms with E-state index < -0.39 is 22.7 Å². The van der Waals surface area contributed by atoms with Crippen LogP contribution in [0, 0.1) is 15.5 Å². The molecule has 0 aliphatic carbocycles. The minimum absolute atomic E-state index is 0.0112. The van der Waals surface area contributed by atoms with E-state index in [1.807, 2.05) is 20.8 Å². The highest BCUT2D eigenvalue weighted by atomic mass is 16.6. The van der Waals surface area contributed by atoms with E-state index in [9.17, 15) is 15.2 Å². The Labute approximate surface area is 128 Å². The number of aliphatic hydroxyl groups is 1. The molecule has 1 aromatic heterocycles. The van der Waals surface area contributed by atoms with Gasteiger partial charge in [0, 0.05) is 24.5 Å². The van der Waals surface area contributed by atoms with Crippen LogP contribution in [0.15, 0.2) is 43.0 Å². The molecular weight excluding hydrogens is 286 g/mol. The lowest BCUT2D eigenvalue weighted by molar-refractivity contribution is -0.384. The minimum atomic E-state index is -0.795. The van der Waals surface area contributed by atoms with Gasteiger partial charge in [0.25, 0.3) is 5.69 Å². The van der Waals surface area contributed by atoms with Crippen molar-refractivity contribution in [1.82, 2.24) is 9.55 Å². The molecule has 0 saturated carbocycles. The molecule has 2 aromatic rings. The van der Waals surface area contributed by atoms with Gasteiger partial charge in [0.15, 0.2) is 0 Å². The van der Waals surface area contributed by atoms with Crippen molar-refractivity contribution in [3.05, 3.63) is 53.1 Å². The molecule has 0 saturated heterocycles. The van der Waals surface area contributed by atoms with E-state index in [-0.39, 0.29) is 5.69 Å². The number of aromatic nitrogens is 2. The molecule has 118 valence electrons. The molecule has 0 spiro atoms. The highest BCUT2D eigenvalue weighted by molar-refractivity contribution is 5.36. The summed E-state index contributed by atoms with van der Waals surface area (Å²) in [6.45, 7) is 5.71. The quantitative estimate of drug-likeness (QED) is 0.677. The fraction of sp³-hybridized carbons (Fsp3) is 0.400. The Morgan fingerprint density at radius 1 is 1.32 bits per heavy atom. The molecule has 2 atom stereocenters. The van der Waals surface area contributed by atoms with Gasteiger partial charge in [-0.05, 0) is 17.5 Å². The molecule has 1 N–H and O–H groups in total. The number of hydrogen-bond donors (Lipinski definition) is 1. The average molecular weight is 305 g/mol. The fourth-order valence-corrected chi connectivity index (χ4v) is 1.92. The number of nitro groups is 1. The first kappa shape index (κ1) is 16.0. The number of nitrogens with zero attached hydrogens (tertiary/aromatic N) is 3. The molecule has 0 aliphatic rings. The smallest absolute Gasteiger partial charge is 0.269 e. The zero-order chi connectivity index (χ0) is 16.3. The van der Waals surface area contributed by atoms with Gasteiger partial charge in [0.05, 0.1) is 11.3 Å². The normalized spacial score (nSPS) is 14.4. The van der Waals surface area contributed by atoms with E-state index in [0.717, 1.165) is 0 Å². The van der Waals surface area contributed by atoms with Crippen LogP contribution in [0.4, 0.5) is 5.69 Å². The Kier molecular flexibility index (Phi) is 4.46. The third kappa shape index (κ3) is 3.62. The summed E-state index contributed by atoms with van der Waals surface area (Å²) < 4.78 is 7.50. The molecule has 0 amide bonds. The second-order valence-electron chi connectivity index (χ2n) is 6.08. The van der Waals surface area contributed by atoms with Crippen LogP contribution in [0.1, 0.15) is 27.0 Å². The van der Waals surface area contributed by atoms with Gasteiger partial charge in [-0.25, -0.2) is 4.98 Å². The standard InChI is InChI=1S/C15H19N3O4/c1-15(2,3)13(19)14(17-9-8-16-10-17)22-12-6-4-11(5-7-12)18(20)21/h4-10,13-14,19H,1-3H3. The Morgan fingerprint density at radius 2 is 1.95 bits per heavy atom. The summed E-state index contributed by atoms with van der Waals surface area (Å²) in [5.74, 6) is 0.438. The van der Waals surface area contributed by atoms with E-state index in [4.69, 9.17) is 4.74 Å². The highest BCUT2D eigenvalue weighted by Crippen LogP contribution is 2.31. The maximum Gasteiger partial charge on any atom is 0.269 e. The van der Waals surface area contributed by atoms with Crippen LogP contribution in [0.2, 0.25) is 0 Å². The molecule has 2 unspecified atom stereocenters. The number of nitro benzene ring substituents is 1.